The van der Waals surface area contributed by atoms with Crippen molar-refractivity contribution in [2.24, 2.45) is 0 Å². The molecule has 0 N–H and O–H groups in total. The van der Waals surface area contributed by atoms with Crippen molar-refractivity contribution in [1.82, 2.24) is 0 Å². The summed E-state index contributed by atoms with van der Waals surface area (Å²) in [4.78, 5) is 11.0. The fourth-order valence-corrected chi connectivity index (χ4v) is 1.03. The van der Waals surface area contributed by atoms with Gasteiger partial charge in [0, 0.05) is 0 Å². The van der Waals surface area contributed by atoms with Crippen LogP contribution in [0.4, 0.5) is 0 Å². The van der Waals surface area contributed by atoms with Crippen LogP contribution < -0.4 is 4.74 Å². The highest BCUT2D eigenvalue weighted by Gasteiger charge is 2.03. The molecule has 0 bridgehead atoms. The van der Waals surface area contributed by atoms with Crippen molar-refractivity contribution in [1.29, 1.82) is 0 Å². The van der Waals surface area contributed by atoms with Crippen molar-refractivity contribution in [3.8, 4) is 5.75 Å². The van der Waals surface area contributed by atoms with Gasteiger partial charge in [-0.2, -0.15) is 0 Å². The van der Waals surface area contributed by atoms with E-state index in [1.807, 2.05) is 0 Å². The van der Waals surface area contributed by atoms with Gasteiger partial charge >= 0.3 is 5.97 Å². The fourth-order valence-electron chi connectivity index (χ4n) is 0.880. The normalized spacial score (nSPS) is 9.38. The van der Waals surface area contributed by atoms with Crippen molar-refractivity contribution in [3.05, 3.63) is 29.8 Å². The first kappa shape index (κ1) is 9.92. The fraction of sp³-hybridized carbons (Fsp3) is 0.222. The Morgan fingerprint density at radius 3 is 2.46 bits per heavy atom. The molecular formula is C9H10O3S. The van der Waals surface area contributed by atoms with Gasteiger partial charge < -0.3 is 9.47 Å². The Morgan fingerprint density at radius 2 is 2.00 bits per heavy atom. The lowest BCUT2D eigenvalue weighted by Crippen LogP contribution is -2.00. The molecule has 0 saturated heterocycles. The zero-order valence-corrected chi connectivity index (χ0v) is 8.08. The van der Waals surface area contributed by atoms with Crippen LogP contribution in [-0.2, 0) is 4.74 Å². The molecule has 3 nitrogen and oxygen atoms in total. The van der Waals surface area contributed by atoms with Crippen LogP contribution in [0.25, 0.3) is 0 Å². The minimum atomic E-state index is -0.350. The third-order valence-electron chi connectivity index (χ3n) is 1.51. The molecule has 1 aromatic rings. The topological polar surface area (TPSA) is 35.5 Å². The Bertz CT molecular complexity index is 281. The van der Waals surface area contributed by atoms with Crippen molar-refractivity contribution in [3.63, 3.8) is 0 Å². The molecule has 0 aliphatic rings. The predicted molar refractivity (Wildman–Crippen MR) is 52.3 cm³/mol. The summed E-state index contributed by atoms with van der Waals surface area (Å²) in [6.45, 7) is 0. The van der Waals surface area contributed by atoms with Gasteiger partial charge in [0.1, 0.15) is 11.7 Å². The smallest absolute Gasteiger partial charge is 0.337 e. The quantitative estimate of drug-likeness (QED) is 0.456. The van der Waals surface area contributed by atoms with E-state index in [9.17, 15) is 4.79 Å². The van der Waals surface area contributed by atoms with Crippen LogP contribution in [-0.4, -0.2) is 19.0 Å². The number of esters is 1. The van der Waals surface area contributed by atoms with E-state index in [1.54, 1.807) is 24.3 Å². The summed E-state index contributed by atoms with van der Waals surface area (Å²) in [7, 11) is 1.35. The summed E-state index contributed by atoms with van der Waals surface area (Å²) >= 11 is 3.90. The first-order chi connectivity index (χ1) is 6.27. The minimum Gasteiger partial charge on any atom is -0.483 e. The van der Waals surface area contributed by atoms with Gasteiger partial charge in [-0.15, -0.1) is 12.6 Å². The molecule has 13 heavy (non-hydrogen) atoms. The molecule has 0 unspecified atom stereocenters. The Kier molecular flexibility index (Phi) is 3.64. The number of benzene rings is 1. The molecule has 0 heterocycles. The second-order valence-electron chi connectivity index (χ2n) is 2.29. The van der Waals surface area contributed by atoms with Crippen molar-refractivity contribution < 1.29 is 14.3 Å². The second kappa shape index (κ2) is 4.77. The molecule has 1 aromatic carbocycles. The summed E-state index contributed by atoms with van der Waals surface area (Å²) in [6.07, 6.45) is 0. The van der Waals surface area contributed by atoms with Gasteiger partial charge in [-0.1, -0.05) is 0 Å². The molecule has 0 atom stereocenters. The Balaban J connectivity index is 2.75. The van der Waals surface area contributed by atoms with Gasteiger partial charge in [0.15, 0.2) is 0 Å². The summed E-state index contributed by atoms with van der Waals surface area (Å²) < 4.78 is 9.63. The number of carbonyl (C=O) groups is 1. The monoisotopic (exact) mass is 198 g/mol. The molecule has 0 fully saturated rings. The minimum absolute atomic E-state index is 0.317. The Hall–Kier alpha value is -1.16. The van der Waals surface area contributed by atoms with Crippen molar-refractivity contribution >= 4 is 18.6 Å². The van der Waals surface area contributed by atoms with Crippen LogP contribution >= 0.6 is 12.6 Å². The van der Waals surface area contributed by atoms with E-state index in [1.165, 1.54) is 7.11 Å². The third-order valence-corrected chi connectivity index (χ3v) is 1.64. The number of hydrogen-bond donors (Lipinski definition) is 1. The van der Waals surface area contributed by atoms with Gasteiger partial charge in [0.2, 0.25) is 0 Å². The summed E-state index contributed by atoms with van der Waals surface area (Å²) in [5.74, 6) is 0.650. The molecule has 1 rings (SSSR count). The highest BCUT2D eigenvalue weighted by molar-refractivity contribution is 7.80. The lowest BCUT2D eigenvalue weighted by atomic mass is 10.2. The zero-order chi connectivity index (χ0) is 9.68. The van der Waals surface area contributed by atoms with Gasteiger partial charge in [-0.05, 0) is 24.3 Å². The Morgan fingerprint density at radius 1 is 1.38 bits per heavy atom. The maximum absolute atomic E-state index is 11.0. The maximum atomic E-state index is 11.0. The highest BCUT2D eigenvalue weighted by Crippen LogP contribution is 2.12. The number of methoxy groups -OCH3 is 1. The van der Waals surface area contributed by atoms with Crippen LogP contribution in [0, 0.1) is 0 Å². The summed E-state index contributed by atoms with van der Waals surface area (Å²) in [5.41, 5.74) is 0.508. The van der Waals surface area contributed by atoms with Gasteiger partial charge in [-0.3, -0.25) is 0 Å². The van der Waals surface area contributed by atoms with E-state index in [4.69, 9.17) is 4.74 Å². The zero-order valence-electron chi connectivity index (χ0n) is 7.19. The number of hydrogen-bond acceptors (Lipinski definition) is 4. The van der Waals surface area contributed by atoms with Crippen molar-refractivity contribution in [2.75, 3.05) is 13.0 Å². The van der Waals surface area contributed by atoms with Gasteiger partial charge in [0.25, 0.3) is 0 Å². The molecule has 0 amide bonds. The summed E-state index contributed by atoms with van der Waals surface area (Å²) in [6, 6.07) is 6.68. The molecule has 4 heteroatoms. The van der Waals surface area contributed by atoms with Crippen LogP contribution in [0.15, 0.2) is 24.3 Å². The van der Waals surface area contributed by atoms with Crippen LogP contribution in [0.2, 0.25) is 0 Å². The average Bonchev–Trinajstić information content (AvgIpc) is 2.18. The van der Waals surface area contributed by atoms with E-state index in [0.717, 1.165) is 0 Å². The average molecular weight is 198 g/mol. The SMILES string of the molecule is COC(=O)c1ccc(OCS)cc1. The molecule has 0 spiro atoms. The third kappa shape index (κ3) is 2.66. The molecule has 0 radical (unpaired) electrons. The predicted octanol–water partition coefficient (Wildman–Crippen LogP) is 1.74. The van der Waals surface area contributed by atoms with Gasteiger partial charge in [-0.25, -0.2) is 4.79 Å². The number of carbonyl (C=O) groups excluding carboxylic acids is 1. The second-order valence-corrected chi connectivity index (χ2v) is 2.55. The van der Waals surface area contributed by atoms with E-state index >= 15 is 0 Å². The molecule has 0 aromatic heterocycles. The largest absolute Gasteiger partial charge is 0.483 e. The van der Waals surface area contributed by atoms with Crippen LogP contribution in [0.1, 0.15) is 10.4 Å². The molecule has 0 saturated carbocycles. The number of ether oxygens (including phenoxy) is 2. The van der Waals surface area contributed by atoms with E-state index in [-0.39, 0.29) is 5.97 Å². The van der Waals surface area contributed by atoms with Crippen LogP contribution in [0.5, 0.6) is 5.75 Å². The van der Waals surface area contributed by atoms with Gasteiger partial charge in [0.05, 0.1) is 12.7 Å². The standard InChI is InChI=1S/C9H10O3S/c1-11-9(10)7-2-4-8(5-3-7)12-6-13/h2-5,13H,6H2,1H3. The Labute approximate surface area is 82.1 Å². The first-order valence-electron chi connectivity index (χ1n) is 3.70. The van der Waals surface area contributed by atoms with Crippen LogP contribution in [0.3, 0.4) is 0 Å². The highest BCUT2D eigenvalue weighted by atomic mass is 32.1. The number of rotatable bonds is 3. The van der Waals surface area contributed by atoms with Crippen molar-refractivity contribution in [2.45, 2.75) is 0 Å². The molecule has 0 aliphatic heterocycles. The lowest BCUT2D eigenvalue weighted by Gasteiger charge is -2.02. The molecule has 70 valence electrons. The maximum Gasteiger partial charge on any atom is 0.337 e. The van der Waals surface area contributed by atoms with E-state index in [2.05, 4.69) is 17.4 Å². The lowest BCUT2D eigenvalue weighted by molar-refractivity contribution is 0.0600. The number of thiol groups is 1. The molecular weight excluding hydrogens is 188 g/mol. The van der Waals surface area contributed by atoms with E-state index < -0.39 is 0 Å². The molecule has 0 aliphatic carbocycles. The summed E-state index contributed by atoms with van der Waals surface area (Å²) in [5, 5.41) is 0. The van der Waals surface area contributed by atoms with E-state index in [0.29, 0.717) is 17.3 Å². The first-order valence-corrected chi connectivity index (χ1v) is 4.33.